The SMILES string of the molecule is COc1ccc(C(=O)N2CCC(CN3CCC(c4noc5cc(F)ccc45)CC3)CC2)cc1. The summed E-state index contributed by atoms with van der Waals surface area (Å²) in [4.78, 5) is 17.3. The first-order valence-corrected chi connectivity index (χ1v) is 11.8. The molecule has 2 aliphatic rings. The van der Waals surface area contributed by atoms with E-state index in [0.717, 1.165) is 80.8 Å². The molecule has 2 fully saturated rings. The Labute approximate surface area is 193 Å². The van der Waals surface area contributed by atoms with Crippen molar-refractivity contribution in [1.29, 1.82) is 0 Å². The van der Waals surface area contributed by atoms with Crippen molar-refractivity contribution in [1.82, 2.24) is 15.0 Å². The smallest absolute Gasteiger partial charge is 0.253 e. The highest BCUT2D eigenvalue weighted by Gasteiger charge is 2.29. The fourth-order valence-corrected chi connectivity index (χ4v) is 5.21. The van der Waals surface area contributed by atoms with Crippen LogP contribution in [0.15, 0.2) is 47.0 Å². The van der Waals surface area contributed by atoms with Crippen molar-refractivity contribution < 1.29 is 18.4 Å². The van der Waals surface area contributed by atoms with Crippen molar-refractivity contribution in [3.8, 4) is 5.75 Å². The van der Waals surface area contributed by atoms with Gasteiger partial charge in [0.15, 0.2) is 5.58 Å². The minimum atomic E-state index is -0.295. The molecule has 0 aliphatic carbocycles. The molecule has 5 rings (SSSR count). The first-order chi connectivity index (χ1) is 16.1. The predicted octanol–water partition coefficient (Wildman–Crippen LogP) is 4.71. The maximum Gasteiger partial charge on any atom is 0.253 e. The normalized spacial score (nSPS) is 18.7. The highest BCUT2D eigenvalue weighted by Crippen LogP contribution is 2.33. The maximum atomic E-state index is 13.4. The zero-order chi connectivity index (χ0) is 22.8. The third kappa shape index (κ3) is 4.74. The molecule has 3 aromatic rings. The second-order valence-electron chi connectivity index (χ2n) is 9.25. The lowest BCUT2D eigenvalue weighted by molar-refractivity contribution is 0.0657. The number of amides is 1. The number of methoxy groups -OCH3 is 1. The molecule has 2 aliphatic heterocycles. The number of halogens is 1. The van der Waals surface area contributed by atoms with E-state index in [0.29, 0.717) is 17.4 Å². The number of fused-ring (bicyclic) bond motifs is 1. The molecule has 1 aromatic heterocycles. The molecule has 0 atom stereocenters. The second kappa shape index (κ2) is 9.51. The molecule has 2 aromatic carbocycles. The van der Waals surface area contributed by atoms with E-state index in [1.54, 1.807) is 13.2 Å². The average Bonchev–Trinajstić information content (AvgIpc) is 3.27. The summed E-state index contributed by atoms with van der Waals surface area (Å²) in [5.41, 5.74) is 2.22. The van der Waals surface area contributed by atoms with Gasteiger partial charge in [0, 0.05) is 42.6 Å². The summed E-state index contributed by atoms with van der Waals surface area (Å²) in [6, 6.07) is 12.0. The molecule has 0 bridgehead atoms. The Morgan fingerprint density at radius 1 is 1.06 bits per heavy atom. The number of carbonyl (C=O) groups excluding carboxylic acids is 1. The number of aromatic nitrogens is 1. The maximum absolute atomic E-state index is 13.4. The van der Waals surface area contributed by atoms with Gasteiger partial charge in [-0.25, -0.2) is 4.39 Å². The van der Waals surface area contributed by atoms with Crippen molar-refractivity contribution in [3.63, 3.8) is 0 Å². The number of carbonyl (C=O) groups is 1. The van der Waals surface area contributed by atoms with E-state index in [9.17, 15) is 9.18 Å². The van der Waals surface area contributed by atoms with E-state index < -0.39 is 0 Å². The van der Waals surface area contributed by atoms with Crippen LogP contribution in [0.5, 0.6) is 5.75 Å². The molecule has 0 radical (unpaired) electrons. The van der Waals surface area contributed by atoms with E-state index in [2.05, 4.69) is 10.1 Å². The van der Waals surface area contributed by atoms with Crippen molar-refractivity contribution >= 4 is 16.9 Å². The fraction of sp³-hybridized carbons (Fsp3) is 0.462. The summed E-state index contributed by atoms with van der Waals surface area (Å²) in [7, 11) is 1.63. The van der Waals surface area contributed by atoms with E-state index in [1.807, 2.05) is 29.2 Å². The van der Waals surface area contributed by atoms with Crippen LogP contribution in [0.25, 0.3) is 11.0 Å². The van der Waals surface area contributed by atoms with Gasteiger partial charge in [0.2, 0.25) is 0 Å². The Morgan fingerprint density at radius 3 is 2.48 bits per heavy atom. The van der Waals surface area contributed by atoms with Gasteiger partial charge >= 0.3 is 0 Å². The fourth-order valence-electron chi connectivity index (χ4n) is 5.21. The first-order valence-electron chi connectivity index (χ1n) is 11.8. The van der Waals surface area contributed by atoms with Crippen molar-refractivity contribution in [2.45, 2.75) is 31.6 Å². The van der Waals surface area contributed by atoms with Crippen LogP contribution in [0, 0.1) is 11.7 Å². The molecule has 0 N–H and O–H groups in total. The van der Waals surface area contributed by atoms with Crippen molar-refractivity contribution in [3.05, 3.63) is 59.5 Å². The van der Waals surface area contributed by atoms with Gasteiger partial charge in [0.1, 0.15) is 11.6 Å². The van der Waals surface area contributed by atoms with Crippen LogP contribution in [0.2, 0.25) is 0 Å². The van der Waals surface area contributed by atoms with Gasteiger partial charge in [0.25, 0.3) is 5.91 Å². The van der Waals surface area contributed by atoms with Gasteiger partial charge in [-0.3, -0.25) is 4.79 Å². The lowest BCUT2D eigenvalue weighted by Crippen LogP contribution is -2.43. The van der Waals surface area contributed by atoms with Gasteiger partial charge in [-0.2, -0.15) is 0 Å². The molecular formula is C26H30FN3O3. The number of likely N-dealkylation sites (tertiary alicyclic amines) is 2. The Bertz CT molecular complexity index is 1100. The number of hydrogen-bond acceptors (Lipinski definition) is 5. The predicted molar refractivity (Wildman–Crippen MR) is 124 cm³/mol. The Morgan fingerprint density at radius 2 is 1.79 bits per heavy atom. The van der Waals surface area contributed by atoms with E-state index in [-0.39, 0.29) is 11.7 Å². The van der Waals surface area contributed by atoms with Crippen molar-refractivity contribution in [2.75, 3.05) is 39.8 Å². The standard InChI is InChI=1S/C26H30FN3O3/c1-32-22-5-2-20(3-6-22)26(31)30-14-8-18(9-15-30)17-29-12-10-19(11-13-29)25-23-7-4-21(27)16-24(23)33-28-25/h2-7,16,18-19H,8-15,17H2,1H3. The van der Waals surface area contributed by atoms with Crippen molar-refractivity contribution in [2.24, 2.45) is 5.92 Å². The zero-order valence-corrected chi connectivity index (χ0v) is 19.0. The summed E-state index contributed by atoms with van der Waals surface area (Å²) in [6.45, 7) is 4.78. The van der Waals surface area contributed by atoms with Gasteiger partial charge in [-0.05, 0) is 81.1 Å². The summed E-state index contributed by atoms with van der Waals surface area (Å²) >= 11 is 0. The van der Waals surface area contributed by atoms with Crippen LogP contribution in [0.3, 0.4) is 0 Å². The molecule has 0 saturated carbocycles. The number of ether oxygens (including phenoxy) is 1. The molecule has 6 nitrogen and oxygen atoms in total. The van der Waals surface area contributed by atoms with Crippen LogP contribution >= 0.6 is 0 Å². The summed E-state index contributed by atoms with van der Waals surface area (Å²) in [6.07, 6.45) is 4.16. The van der Waals surface area contributed by atoms with Gasteiger partial charge in [-0.1, -0.05) is 5.16 Å². The van der Waals surface area contributed by atoms with Gasteiger partial charge < -0.3 is 19.1 Å². The number of piperidine rings is 2. The third-order valence-corrected chi connectivity index (χ3v) is 7.19. The van der Waals surface area contributed by atoms with Crippen LogP contribution in [0.4, 0.5) is 4.39 Å². The quantitative estimate of drug-likeness (QED) is 0.562. The third-order valence-electron chi connectivity index (χ3n) is 7.19. The number of nitrogens with zero attached hydrogens (tertiary/aromatic N) is 3. The minimum absolute atomic E-state index is 0.108. The summed E-state index contributed by atoms with van der Waals surface area (Å²) < 4.78 is 24.0. The van der Waals surface area contributed by atoms with Gasteiger partial charge in [-0.15, -0.1) is 0 Å². The second-order valence-corrected chi connectivity index (χ2v) is 9.25. The Hall–Kier alpha value is -2.93. The number of rotatable bonds is 5. The number of hydrogen-bond donors (Lipinski definition) is 0. The summed E-state index contributed by atoms with van der Waals surface area (Å²) in [5.74, 6) is 1.56. The highest BCUT2D eigenvalue weighted by atomic mass is 19.1. The molecule has 33 heavy (non-hydrogen) atoms. The molecule has 174 valence electrons. The zero-order valence-electron chi connectivity index (χ0n) is 19.0. The average molecular weight is 452 g/mol. The largest absolute Gasteiger partial charge is 0.497 e. The van der Waals surface area contributed by atoms with Crippen LogP contribution < -0.4 is 4.74 Å². The number of benzene rings is 2. The Balaban J connectivity index is 1.10. The van der Waals surface area contributed by atoms with Crippen LogP contribution in [-0.4, -0.2) is 60.7 Å². The minimum Gasteiger partial charge on any atom is -0.497 e. The van der Waals surface area contributed by atoms with E-state index in [4.69, 9.17) is 9.26 Å². The molecule has 1 amide bonds. The Kier molecular flexibility index (Phi) is 6.31. The lowest BCUT2D eigenvalue weighted by Gasteiger charge is -2.37. The molecule has 7 heteroatoms. The molecule has 2 saturated heterocycles. The molecular weight excluding hydrogens is 421 g/mol. The summed E-state index contributed by atoms with van der Waals surface area (Å²) in [5, 5.41) is 5.19. The van der Waals surface area contributed by atoms with E-state index >= 15 is 0 Å². The van der Waals surface area contributed by atoms with Gasteiger partial charge in [0.05, 0.1) is 12.8 Å². The van der Waals surface area contributed by atoms with Crippen LogP contribution in [0.1, 0.15) is 47.7 Å². The molecule has 0 spiro atoms. The first kappa shape index (κ1) is 21.9. The monoisotopic (exact) mass is 451 g/mol. The molecule has 3 heterocycles. The highest BCUT2D eigenvalue weighted by molar-refractivity contribution is 5.94. The van der Waals surface area contributed by atoms with Crippen LogP contribution in [-0.2, 0) is 0 Å². The lowest BCUT2D eigenvalue weighted by atomic mass is 9.90. The van der Waals surface area contributed by atoms with E-state index in [1.165, 1.54) is 12.1 Å². The molecule has 0 unspecified atom stereocenters. The topological polar surface area (TPSA) is 58.8 Å².